The fourth-order valence-corrected chi connectivity index (χ4v) is 2.76. The first-order chi connectivity index (χ1) is 8.61. The van der Waals surface area contributed by atoms with Crippen LogP contribution in [0, 0.1) is 0 Å². The zero-order valence-electron chi connectivity index (χ0n) is 10.5. The van der Waals surface area contributed by atoms with E-state index in [1.807, 2.05) is 0 Å². The molecule has 1 aromatic rings. The van der Waals surface area contributed by atoms with Gasteiger partial charge in [-0.3, -0.25) is 9.59 Å². The van der Waals surface area contributed by atoms with Gasteiger partial charge in [0.15, 0.2) is 5.16 Å². The fraction of sp³-hybridized carbons (Fsp3) is 0.583. The van der Waals surface area contributed by atoms with E-state index in [0.717, 1.165) is 30.5 Å². The van der Waals surface area contributed by atoms with E-state index in [4.69, 9.17) is 4.74 Å². The van der Waals surface area contributed by atoms with Crippen molar-refractivity contribution in [1.29, 1.82) is 0 Å². The van der Waals surface area contributed by atoms with E-state index in [0.29, 0.717) is 11.8 Å². The molecule has 1 aliphatic rings. The molecule has 98 valence electrons. The molecule has 6 heteroatoms. The van der Waals surface area contributed by atoms with Gasteiger partial charge in [0, 0.05) is 5.56 Å². The molecule has 0 aromatic carbocycles. The van der Waals surface area contributed by atoms with E-state index in [2.05, 4.69) is 9.97 Å². The predicted octanol–water partition coefficient (Wildman–Crippen LogP) is 1.30. The number of nitrogens with one attached hydrogen (secondary N) is 1. The van der Waals surface area contributed by atoms with Gasteiger partial charge in [0.1, 0.15) is 5.25 Å². The number of hydrogen-bond acceptors (Lipinski definition) is 5. The highest BCUT2D eigenvalue weighted by atomic mass is 32.2. The van der Waals surface area contributed by atoms with Gasteiger partial charge in [-0.25, -0.2) is 4.98 Å². The molecule has 0 radical (unpaired) electrons. The Hall–Kier alpha value is -1.30. The second kappa shape index (κ2) is 5.56. The molecule has 0 saturated heterocycles. The summed E-state index contributed by atoms with van der Waals surface area (Å²) in [6.45, 7) is 3.87. The lowest BCUT2D eigenvalue weighted by Crippen LogP contribution is -2.20. The Morgan fingerprint density at radius 1 is 1.56 bits per heavy atom. The van der Waals surface area contributed by atoms with Crippen molar-refractivity contribution in [1.82, 2.24) is 9.97 Å². The predicted molar refractivity (Wildman–Crippen MR) is 68.8 cm³/mol. The van der Waals surface area contributed by atoms with E-state index >= 15 is 0 Å². The highest BCUT2D eigenvalue weighted by Crippen LogP contribution is 2.23. The van der Waals surface area contributed by atoms with Crippen molar-refractivity contribution >= 4 is 17.7 Å². The molecular formula is C12H16N2O3S. The smallest absolute Gasteiger partial charge is 0.319 e. The van der Waals surface area contributed by atoms with E-state index < -0.39 is 0 Å². The van der Waals surface area contributed by atoms with Crippen LogP contribution in [0.3, 0.4) is 0 Å². The van der Waals surface area contributed by atoms with E-state index in [1.54, 1.807) is 13.8 Å². The maximum absolute atomic E-state index is 11.8. The maximum Gasteiger partial charge on any atom is 0.319 e. The standard InChI is InChI=1S/C12H16N2O3S/c1-3-17-11(16)7(2)18-12-13-9-6-4-5-8(9)10(15)14-12/h7H,3-6H2,1-2H3,(H,13,14,15). The number of ether oxygens (including phenoxy) is 1. The number of nitrogens with zero attached hydrogens (tertiary/aromatic N) is 1. The number of carbonyl (C=O) groups excluding carboxylic acids is 1. The molecule has 18 heavy (non-hydrogen) atoms. The molecule has 1 aromatic heterocycles. The molecule has 2 rings (SSSR count). The maximum atomic E-state index is 11.8. The van der Waals surface area contributed by atoms with Gasteiger partial charge in [0.2, 0.25) is 0 Å². The molecule has 0 bridgehead atoms. The average Bonchev–Trinajstić information content (AvgIpc) is 2.77. The lowest BCUT2D eigenvalue weighted by Gasteiger charge is -2.09. The number of H-pyrrole nitrogens is 1. The van der Waals surface area contributed by atoms with E-state index in [1.165, 1.54) is 11.8 Å². The van der Waals surface area contributed by atoms with Crippen molar-refractivity contribution in [2.75, 3.05) is 6.61 Å². The highest BCUT2D eigenvalue weighted by Gasteiger charge is 2.20. The lowest BCUT2D eigenvalue weighted by atomic mass is 10.3. The minimum atomic E-state index is -0.368. The molecule has 1 atom stereocenters. The van der Waals surface area contributed by atoms with Gasteiger partial charge in [0.25, 0.3) is 5.56 Å². The number of esters is 1. The second-order valence-corrected chi connectivity index (χ2v) is 5.49. The van der Waals surface area contributed by atoms with Crippen LogP contribution in [0.5, 0.6) is 0 Å². The van der Waals surface area contributed by atoms with Gasteiger partial charge in [-0.2, -0.15) is 0 Å². The molecule has 1 unspecified atom stereocenters. The van der Waals surface area contributed by atoms with Crippen molar-refractivity contribution in [3.8, 4) is 0 Å². The molecule has 5 nitrogen and oxygen atoms in total. The normalized spacial score (nSPS) is 15.2. The third-order valence-corrected chi connectivity index (χ3v) is 3.79. The van der Waals surface area contributed by atoms with Gasteiger partial charge in [0.05, 0.1) is 12.3 Å². The number of thioether (sulfide) groups is 1. The quantitative estimate of drug-likeness (QED) is 0.506. The van der Waals surface area contributed by atoms with Crippen LogP contribution in [0.4, 0.5) is 0 Å². The van der Waals surface area contributed by atoms with Crippen LogP contribution in [0.15, 0.2) is 9.95 Å². The van der Waals surface area contributed by atoms with Crippen LogP contribution < -0.4 is 5.56 Å². The Kier molecular flexibility index (Phi) is 4.06. The van der Waals surface area contributed by atoms with Crippen molar-refractivity contribution in [3.05, 3.63) is 21.6 Å². The van der Waals surface area contributed by atoms with Crippen molar-refractivity contribution in [2.45, 2.75) is 43.5 Å². The molecule has 0 fully saturated rings. The van der Waals surface area contributed by atoms with Crippen LogP contribution in [-0.2, 0) is 22.4 Å². The van der Waals surface area contributed by atoms with Crippen LogP contribution in [0.1, 0.15) is 31.5 Å². The lowest BCUT2D eigenvalue weighted by molar-refractivity contribution is -0.142. The summed E-state index contributed by atoms with van der Waals surface area (Å²) in [4.78, 5) is 30.4. The fourth-order valence-electron chi connectivity index (χ4n) is 1.95. The molecular weight excluding hydrogens is 252 g/mol. The van der Waals surface area contributed by atoms with Gasteiger partial charge in [-0.15, -0.1) is 0 Å². The summed E-state index contributed by atoms with van der Waals surface area (Å²) < 4.78 is 4.92. The van der Waals surface area contributed by atoms with E-state index in [-0.39, 0.29) is 16.8 Å². The third-order valence-electron chi connectivity index (χ3n) is 2.83. The first kappa shape index (κ1) is 13.1. The number of aromatic amines is 1. The number of fused-ring (bicyclic) bond motifs is 1. The average molecular weight is 268 g/mol. The Bertz CT molecular complexity index is 513. The molecule has 0 aliphatic heterocycles. The summed E-state index contributed by atoms with van der Waals surface area (Å²) in [5, 5.41) is 0.133. The number of rotatable bonds is 4. The highest BCUT2D eigenvalue weighted by molar-refractivity contribution is 8.00. The monoisotopic (exact) mass is 268 g/mol. The number of carbonyl (C=O) groups is 1. The molecule has 0 amide bonds. The Morgan fingerprint density at radius 3 is 3.06 bits per heavy atom. The zero-order chi connectivity index (χ0) is 13.1. The van der Waals surface area contributed by atoms with Crippen LogP contribution in [-0.4, -0.2) is 27.8 Å². The van der Waals surface area contributed by atoms with Crippen LogP contribution >= 0.6 is 11.8 Å². The Balaban J connectivity index is 2.13. The zero-order valence-corrected chi connectivity index (χ0v) is 11.3. The molecule has 1 N–H and O–H groups in total. The van der Waals surface area contributed by atoms with Crippen LogP contribution in [0.25, 0.3) is 0 Å². The van der Waals surface area contributed by atoms with Gasteiger partial charge in [-0.1, -0.05) is 11.8 Å². The molecule has 1 aliphatic carbocycles. The topological polar surface area (TPSA) is 72.0 Å². The van der Waals surface area contributed by atoms with Gasteiger partial charge >= 0.3 is 5.97 Å². The number of aromatic nitrogens is 2. The largest absolute Gasteiger partial charge is 0.465 e. The second-order valence-electron chi connectivity index (χ2n) is 4.16. The minimum Gasteiger partial charge on any atom is -0.465 e. The summed E-state index contributed by atoms with van der Waals surface area (Å²) in [7, 11) is 0. The van der Waals surface area contributed by atoms with Crippen molar-refractivity contribution in [2.24, 2.45) is 0 Å². The third kappa shape index (κ3) is 2.75. The first-order valence-corrected chi connectivity index (χ1v) is 6.95. The molecule has 0 spiro atoms. The Labute approximate surface area is 109 Å². The summed E-state index contributed by atoms with van der Waals surface area (Å²) in [6.07, 6.45) is 2.63. The summed E-state index contributed by atoms with van der Waals surface area (Å²) in [5.41, 5.74) is 1.59. The Morgan fingerprint density at radius 2 is 2.33 bits per heavy atom. The first-order valence-electron chi connectivity index (χ1n) is 6.07. The summed E-state index contributed by atoms with van der Waals surface area (Å²) in [6, 6.07) is 0. The van der Waals surface area contributed by atoms with Gasteiger partial charge < -0.3 is 9.72 Å². The van der Waals surface area contributed by atoms with Crippen molar-refractivity contribution in [3.63, 3.8) is 0 Å². The SMILES string of the molecule is CCOC(=O)C(C)Sc1nc2c(c(=O)[nH]1)CCC2. The van der Waals surface area contributed by atoms with Crippen LogP contribution in [0.2, 0.25) is 0 Å². The molecule has 1 heterocycles. The minimum absolute atomic E-state index is 0.0731. The van der Waals surface area contributed by atoms with Gasteiger partial charge in [-0.05, 0) is 33.1 Å². The molecule has 0 saturated carbocycles. The summed E-state index contributed by atoms with van der Waals surface area (Å²) >= 11 is 1.23. The summed E-state index contributed by atoms with van der Waals surface area (Å²) in [5.74, 6) is -0.286. The van der Waals surface area contributed by atoms with Crippen molar-refractivity contribution < 1.29 is 9.53 Å². The number of hydrogen-bond donors (Lipinski definition) is 1. The number of aryl methyl sites for hydroxylation is 1. The van der Waals surface area contributed by atoms with E-state index in [9.17, 15) is 9.59 Å².